The Morgan fingerprint density at radius 1 is 1.07 bits per heavy atom. The van der Waals surface area contributed by atoms with Gasteiger partial charge in [0, 0.05) is 23.4 Å². The second-order valence-corrected chi connectivity index (χ2v) is 6.40. The maximum Gasteiger partial charge on any atom is 0.259 e. The van der Waals surface area contributed by atoms with E-state index in [4.69, 9.17) is 21.1 Å². The lowest BCUT2D eigenvalue weighted by Crippen LogP contribution is -2.21. The molecule has 0 aliphatic rings. The summed E-state index contributed by atoms with van der Waals surface area (Å²) in [5.41, 5.74) is 1.45. The second kappa shape index (κ2) is 8.63. The van der Waals surface area contributed by atoms with Gasteiger partial charge in [-0.2, -0.15) is 0 Å². The van der Waals surface area contributed by atoms with Gasteiger partial charge >= 0.3 is 0 Å². The molecule has 0 atom stereocenters. The van der Waals surface area contributed by atoms with Crippen molar-refractivity contribution >= 4 is 23.2 Å². The molecule has 0 saturated heterocycles. The first kappa shape index (κ1) is 19.5. The van der Waals surface area contributed by atoms with Gasteiger partial charge in [-0.3, -0.25) is 9.59 Å². The Kier molecular flexibility index (Phi) is 6.01. The van der Waals surface area contributed by atoms with E-state index in [-0.39, 0.29) is 11.5 Å². The summed E-state index contributed by atoms with van der Waals surface area (Å²) in [6.07, 6.45) is 1.58. The van der Waals surface area contributed by atoms with E-state index < -0.39 is 0 Å². The third kappa shape index (κ3) is 4.35. The molecular weight excluding hydrogens is 380 g/mol. The molecule has 6 nitrogen and oxygen atoms in total. The molecular formula is C21H19ClN2O4. The Labute approximate surface area is 167 Å². The molecule has 0 fully saturated rings. The van der Waals surface area contributed by atoms with Crippen molar-refractivity contribution in [1.29, 1.82) is 0 Å². The lowest BCUT2D eigenvalue weighted by molar-refractivity contribution is 0.102. The minimum absolute atomic E-state index is 0.194. The Morgan fingerprint density at radius 3 is 2.57 bits per heavy atom. The zero-order valence-electron chi connectivity index (χ0n) is 15.4. The molecule has 1 aromatic heterocycles. The fourth-order valence-electron chi connectivity index (χ4n) is 2.72. The first-order chi connectivity index (χ1) is 13.5. The van der Waals surface area contributed by atoms with Crippen LogP contribution in [0.25, 0.3) is 0 Å². The molecule has 0 unspecified atom stereocenters. The number of ether oxygens (including phenoxy) is 2. The number of methoxy groups -OCH3 is 2. The molecule has 3 rings (SSSR count). The summed E-state index contributed by atoms with van der Waals surface area (Å²) in [4.78, 5) is 24.8. The van der Waals surface area contributed by atoms with Crippen molar-refractivity contribution in [3.8, 4) is 11.5 Å². The van der Waals surface area contributed by atoms with Crippen LogP contribution in [0.4, 0.5) is 5.69 Å². The van der Waals surface area contributed by atoms with E-state index in [1.54, 1.807) is 36.5 Å². The van der Waals surface area contributed by atoms with Gasteiger partial charge < -0.3 is 19.4 Å². The summed E-state index contributed by atoms with van der Waals surface area (Å²) in [5, 5.41) is 3.36. The largest absolute Gasteiger partial charge is 0.497 e. The highest BCUT2D eigenvalue weighted by atomic mass is 35.5. The van der Waals surface area contributed by atoms with Gasteiger partial charge in [0.1, 0.15) is 11.5 Å². The van der Waals surface area contributed by atoms with Crippen LogP contribution >= 0.6 is 11.6 Å². The van der Waals surface area contributed by atoms with Crippen LogP contribution in [-0.2, 0) is 6.54 Å². The molecule has 3 aromatic rings. The molecule has 0 saturated carbocycles. The molecule has 0 spiro atoms. The van der Waals surface area contributed by atoms with E-state index >= 15 is 0 Å². The number of hydrogen-bond acceptors (Lipinski definition) is 4. The molecule has 1 N–H and O–H groups in total. The van der Waals surface area contributed by atoms with Gasteiger partial charge in [0.05, 0.1) is 32.0 Å². The minimum atomic E-state index is -0.359. The standard InChI is InChI=1S/C21H19ClN2O4/c1-27-16-8-9-17(19(11-16)28-2)21(26)23-15-7-10-20(25)24(13-15)12-14-5-3-4-6-18(14)22/h3-11,13H,12H2,1-2H3,(H,23,26). The van der Waals surface area contributed by atoms with Crippen molar-refractivity contribution < 1.29 is 14.3 Å². The van der Waals surface area contributed by atoms with Crippen molar-refractivity contribution in [2.24, 2.45) is 0 Å². The predicted molar refractivity (Wildman–Crippen MR) is 109 cm³/mol. The molecule has 0 aliphatic carbocycles. The van der Waals surface area contributed by atoms with Crippen LogP contribution in [-0.4, -0.2) is 24.7 Å². The first-order valence-corrected chi connectivity index (χ1v) is 8.87. The first-order valence-electron chi connectivity index (χ1n) is 8.49. The van der Waals surface area contributed by atoms with Crippen LogP contribution in [0, 0.1) is 0 Å². The molecule has 0 radical (unpaired) electrons. The van der Waals surface area contributed by atoms with Crippen LogP contribution in [0.3, 0.4) is 0 Å². The zero-order valence-corrected chi connectivity index (χ0v) is 16.2. The normalized spacial score (nSPS) is 10.4. The molecule has 0 bridgehead atoms. The van der Waals surface area contributed by atoms with Crippen LogP contribution in [0.15, 0.2) is 65.6 Å². The number of aromatic nitrogens is 1. The summed E-state index contributed by atoms with van der Waals surface area (Å²) < 4.78 is 11.9. The number of nitrogens with zero attached hydrogens (tertiary/aromatic N) is 1. The fourth-order valence-corrected chi connectivity index (χ4v) is 2.92. The maximum atomic E-state index is 12.7. The molecule has 2 aromatic carbocycles. The summed E-state index contributed by atoms with van der Waals surface area (Å²) in [7, 11) is 3.02. The number of carbonyl (C=O) groups is 1. The van der Waals surface area contributed by atoms with Crippen LogP contribution < -0.4 is 20.3 Å². The summed E-state index contributed by atoms with van der Waals surface area (Å²) in [6.45, 7) is 0.300. The molecule has 1 amide bonds. The van der Waals surface area contributed by atoms with Crippen molar-refractivity contribution in [1.82, 2.24) is 4.57 Å². The SMILES string of the molecule is COc1ccc(C(=O)Nc2ccc(=O)n(Cc3ccccc3Cl)c2)c(OC)c1. The zero-order chi connectivity index (χ0) is 20.1. The quantitative estimate of drug-likeness (QED) is 0.685. The topological polar surface area (TPSA) is 69.6 Å². The second-order valence-electron chi connectivity index (χ2n) is 6.00. The summed E-state index contributed by atoms with van der Waals surface area (Å²) in [6, 6.07) is 15.2. The van der Waals surface area contributed by atoms with Crippen molar-refractivity contribution in [2.45, 2.75) is 6.54 Å². The van der Waals surface area contributed by atoms with Crippen LogP contribution in [0.2, 0.25) is 5.02 Å². The Hall–Kier alpha value is -3.25. The van der Waals surface area contributed by atoms with Gasteiger partial charge in [-0.05, 0) is 29.8 Å². The number of pyridine rings is 1. The van der Waals surface area contributed by atoms with E-state index in [0.717, 1.165) is 5.56 Å². The van der Waals surface area contributed by atoms with E-state index in [9.17, 15) is 9.59 Å². The smallest absolute Gasteiger partial charge is 0.259 e. The number of anilines is 1. The number of benzene rings is 2. The Balaban J connectivity index is 1.84. The molecule has 144 valence electrons. The van der Waals surface area contributed by atoms with Gasteiger partial charge in [-0.1, -0.05) is 29.8 Å². The van der Waals surface area contributed by atoms with Gasteiger partial charge in [-0.25, -0.2) is 0 Å². The van der Waals surface area contributed by atoms with E-state index in [0.29, 0.717) is 34.3 Å². The lowest BCUT2D eigenvalue weighted by atomic mass is 10.1. The number of carbonyl (C=O) groups excluding carboxylic acids is 1. The van der Waals surface area contributed by atoms with Gasteiger partial charge in [0.15, 0.2) is 0 Å². The van der Waals surface area contributed by atoms with Crippen molar-refractivity contribution in [3.63, 3.8) is 0 Å². The number of amides is 1. The molecule has 0 aliphatic heterocycles. The lowest BCUT2D eigenvalue weighted by Gasteiger charge is -2.12. The molecule has 28 heavy (non-hydrogen) atoms. The number of rotatable bonds is 6. The van der Waals surface area contributed by atoms with Gasteiger partial charge in [0.25, 0.3) is 11.5 Å². The van der Waals surface area contributed by atoms with Crippen molar-refractivity contribution in [3.05, 3.63) is 87.3 Å². The van der Waals surface area contributed by atoms with Crippen LogP contribution in [0.5, 0.6) is 11.5 Å². The van der Waals surface area contributed by atoms with Gasteiger partial charge in [0.2, 0.25) is 0 Å². The van der Waals surface area contributed by atoms with E-state index in [1.165, 1.54) is 24.9 Å². The molecule has 1 heterocycles. The average molecular weight is 399 g/mol. The minimum Gasteiger partial charge on any atom is -0.497 e. The Bertz CT molecular complexity index is 1060. The Morgan fingerprint density at radius 2 is 1.86 bits per heavy atom. The number of hydrogen-bond donors (Lipinski definition) is 1. The predicted octanol–water partition coefficient (Wildman–Crippen LogP) is 3.82. The van der Waals surface area contributed by atoms with E-state index in [2.05, 4.69) is 5.32 Å². The summed E-state index contributed by atoms with van der Waals surface area (Å²) in [5.74, 6) is 0.616. The summed E-state index contributed by atoms with van der Waals surface area (Å²) >= 11 is 6.18. The monoisotopic (exact) mass is 398 g/mol. The highest BCUT2D eigenvalue weighted by molar-refractivity contribution is 6.31. The number of nitrogens with one attached hydrogen (secondary N) is 1. The van der Waals surface area contributed by atoms with E-state index in [1.807, 2.05) is 18.2 Å². The third-order valence-electron chi connectivity index (χ3n) is 4.19. The van der Waals surface area contributed by atoms with Gasteiger partial charge in [-0.15, -0.1) is 0 Å². The molecule has 7 heteroatoms. The highest BCUT2D eigenvalue weighted by Crippen LogP contribution is 2.25. The highest BCUT2D eigenvalue weighted by Gasteiger charge is 2.14. The maximum absolute atomic E-state index is 12.7. The average Bonchev–Trinajstić information content (AvgIpc) is 2.71. The third-order valence-corrected chi connectivity index (χ3v) is 4.56. The van der Waals surface area contributed by atoms with Crippen molar-refractivity contribution in [2.75, 3.05) is 19.5 Å². The van der Waals surface area contributed by atoms with Crippen LogP contribution in [0.1, 0.15) is 15.9 Å². The fraction of sp³-hybridized carbons (Fsp3) is 0.143. The number of halogens is 1.